The van der Waals surface area contributed by atoms with Gasteiger partial charge in [-0.1, -0.05) is 11.6 Å². The van der Waals surface area contributed by atoms with Crippen molar-refractivity contribution in [1.82, 2.24) is 10.2 Å². The van der Waals surface area contributed by atoms with E-state index in [1.54, 1.807) is 11.3 Å². The summed E-state index contributed by atoms with van der Waals surface area (Å²) in [5.41, 5.74) is 0. The van der Waals surface area contributed by atoms with Gasteiger partial charge in [0, 0.05) is 24.5 Å². The molecule has 0 aromatic carbocycles. The van der Waals surface area contributed by atoms with Crippen LogP contribution in [0.4, 0.5) is 0 Å². The van der Waals surface area contributed by atoms with Crippen LogP contribution in [0.3, 0.4) is 0 Å². The van der Waals surface area contributed by atoms with Gasteiger partial charge in [0.05, 0.1) is 10.4 Å². The number of hydrogen-bond acceptors (Lipinski definition) is 4. The molecule has 0 radical (unpaired) electrons. The number of rotatable bonds is 6. The number of halogens is 1. The lowest BCUT2D eigenvalue weighted by atomic mass is 10.3. The molecule has 1 fully saturated rings. The Hall–Kier alpha value is -0.130. The highest BCUT2D eigenvalue weighted by Gasteiger charge is 2.15. The normalized spacial score (nSPS) is 18.7. The summed E-state index contributed by atoms with van der Waals surface area (Å²) in [6, 6.07) is 3.93. The van der Waals surface area contributed by atoms with Gasteiger partial charge in [-0.25, -0.2) is 0 Å². The van der Waals surface area contributed by atoms with Crippen LogP contribution in [-0.2, 0) is 6.54 Å². The van der Waals surface area contributed by atoms with Gasteiger partial charge in [0.2, 0.25) is 0 Å². The zero-order valence-corrected chi connectivity index (χ0v) is 11.4. The Morgan fingerprint density at radius 3 is 2.82 bits per heavy atom. The number of nitrogens with one attached hydrogen (secondary N) is 1. The Bertz CT molecular complexity index is 339. The molecule has 2 heterocycles. The molecule has 5 heteroatoms. The lowest BCUT2D eigenvalue weighted by Gasteiger charge is -2.19. The lowest BCUT2D eigenvalue weighted by Crippen LogP contribution is -2.36. The minimum absolute atomic E-state index is 0.275. The molecule has 1 aromatic rings. The number of likely N-dealkylation sites (tertiary alicyclic amines) is 1. The summed E-state index contributed by atoms with van der Waals surface area (Å²) in [6.07, 6.45) is 2.27. The highest BCUT2D eigenvalue weighted by molar-refractivity contribution is 7.16. The molecule has 0 spiro atoms. The minimum atomic E-state index is -0.275. The number of hydrogen-bond donors (Lipinski definition) is 2. The Morgan fingerprint density at radius 1 is 1.41 bits per heavy atom. The van der Waals surface area contributed by atoms with Crippen molar-refractivity contribution in [2.45, 2.75) is 25.5 Å². The second-order valence-electron chi connectivity index (χ2n) is 4.50. The quantitative estimate of drug-likeness (QED) is 0.832. The van der Waals surface area contributed by atoms with E-state index >= 15 is 0 Å². The molecular weight excluding hydrogens is 256 g/mol. The van der Waals surface area contributed by atoms with Crippen LogP contribution in [0.5, 0.6) is 0 Å². The fraction of sp³-hybridized carbons (Fsp3) is 0.667. The summed E-state index contributed by atoms with van der Waals surface area (Å²) < 4.78 is 0.819. The van der Waals surface area contributed by atoms with Crippen LogP contribution in [0.25, 0.3) is 0 Å². The molecule has 1 aromatic heterocycles. The van der Waals surface area contributed by atoms with Crippen LogP contribution in [0.1, 0.15) is 17.7 Å². The molecule has 0 bridgehead atoms. The van der Waals surface area contributed by atoms with E-state index in [0.29, 0.717) is 6.54 Å². The van der Waals surface area contributed by atoms with Gasteiger partial charge >= 0.3 is 0 Å². The zero-order chi connectivity index (χ0) is 12.1. The van der Waals surface area contributed by atoms with Crippen LogP contribution in [0.2, 0.25) is 4.34 Å². The van der Waals surface area contributed by atoms with Crippen molar-refractivity contribution in [1.29, 1.82) is 0 Å². The summed E-state index contributed by atoms with van der Waals surface area (Å²) in [5.74, 6) is 0. The number of β-amino-alcohol motifs (C(OH)–C–C–N with tert-alkyl or cyclic N) is 1. The van der Waals surface area contributed by atoms with E-state index in [1.807, 2.05) is 12.1 Å². The van der Waals surface area contributed by atoms with Crippen LogP contribution < -0.4 is 5.32 Å². The average molecular weight is 275 g/mol. The van der Waals surface area contributed by atoms with Crippen molar-refractivity contribution in [3.8, 4) is 0 Å². The molecule has 1 aliphatic heterocycles. The van der Waals surface area contributed by atoms with E-state index in [2.05, 4.69) is 10.2 Å². The van der Waals surface area contributed by atoms with Gasteiger partial charge < -0.3 is 15.3 Å². The van der Waals surface area contributed by atoms with Gasteiger partial charge in [0.1, 0.15) is 0 Å². The van der Waals surface area contributed by atoms with Crippen LogP contribution in [0, 0.1) is 0 Å². The van der Waals surface area contributed by atoms with E-state index < -0.39 is 0 Å². The van der Waals surface area contributed by atoms with E-state index in [4.69, 9.17) is 11.6 Å². The highest BCUT2D eigenvalue weighted by Crippen LogP contribution is 2.20. The van der Waals surface area contributed by atoms with E-state index in [-0.39, 0.29) is 6.10 Å². The molecule has 0 saturated carbocycles. The van der Waals surface area contributed by atoms with Crippen molar-refractivity contribution in [3.63, 3.8) is 0 Å². The van der Waals surface area contributed by atoms with Gasteiger partial charge in [-0.2, -0.15) is 0 Å². The maximum Gasteiger partial charge on any atom is 0.0931 e. The third-order valence-electron chi connectivity index (χ3n) is 2.98. The average Bonchev–Trinajstić information content (AvgIpc) is 2.90. The minimum Gasteiger partial charge on any atom is -0.390 e. The van der Waals surface area contributed by atoms with E-state index in [0.717, 1.165) is 30.5 Å². The first-order valence-corrected chi connectivity index (χ1v) is 7.29. The monoisotopic (exact) mass is 274 g/mol. The molecule has 0 aliphatic carbocycles. The molecule has 17 heavy (non-hydrogen) atoms. The second kappa shape index (κ2) is 6.71. The number of aliphatic hydroxyl groups excluding tert-OH is 1. The maximum atomic E-state index is 9.87. The Labute approximate surface area is 111 Å². The standard InChI is InChI=1S/C12H19ClN2OS/c13-12-4-3-11(17-12)8-14-7-10(16)9-15-5-1-2-6-15/h3-4,10,14,16H,1-2,5-9H2. The van der Waals surface area contributed by atoms with Gasteiger partial charge in [-0.3, -0.25) is 0 Å². The third-order valence-corrected chi connectivity index (χ3v) is 4.21. The first-order valence-electron chi connectivity index (χ1n) is 6.09. The smallest absolute Gasteiger partial charge is 0.0931 e. The van der Waals surface area contributed by atoms with Gasteiger partial charge in [-0.15, -0.1) is 11.3 Å². The molecule has 0 amide bonds. The molecule has 96 valence electrons. The first-order chi connectivity index (χ1) is 8.24. The van der Waals surface area contributed by atoms with Gasteiger partial charge in [-0.05, 0) is 38.1 Å². The molecule has 3 nitrogen and oxygen atoms in total. The Morgan fingerprint density at radius 2 is 2.18 bits per heavy atom. The highest BCUT2D eigenvalue weighted by atomic mass is 35.5. The topological polar surface area (TPSA) is 35.5 Å². The third kappa shape index (κ3) is 4.56. The van der Waals surface area contributed by atoms with Crippen LogP contribution in [0.15, 0.2) is 12.1 Å². The van der Waals surface area contributed by atoms with Crippen molar-refractivity contribution in [2.75, 3.05) is 26.2 Å². The molecular formula is C12H19ClN2OS. The van der Waals surface area contributed by atoms with E-state index in [9.17, 15) is 5.11 Å². The van der Waals surface area contributed by atoms with Crippen molar-refractivity contribution < 1.29 is 5.11 Å². The summed E-state index contributed by atoms with van der Waals surface area (Å²) in [4.78, 5) is 3.54. The molecule has 2 rings (SSSR count). The number of nitrogens with zero attached hydrogens (tertiary/aromatic N) is 1. The zero-order valence-electron chi connectivity index (χ0n) is 9.86. The molecule has 1 saturated heterocycles. The van der Waals surface area contributed by atoms with Gasteiger partial charge in [0.15, 0.2) is 0 Å². The Balaban J connectivity index is 1.60. The molecule has 1 atom stereocenters. The van der Waals surface area contributed by atoms with Crippen molar-refractivity contribution in [2.24, 2.45) is 0 Å². The predicted octanol–water partition coefficient (Wildman–Crippen LogP) is 1.95. The first kappa shape index (κ1) is 13.3. The Kier molecular flexibility index (Phi) is 5.25. The summed E-state index contributed by atoms with van der Waals surface area (Å²) in [7, 11) is 0. The van der Waals surface area contributed by atoms with Crippen molar-refractivity contribution >= 4 is 22.9 Å². The number of aliphatic hydroxyl groups is 1. The molecule has 1 aliphatic rings. The lowest BCUT2D eigenvalue weighted by molar-refractivity contribution is 0.123. The van der Waals surface area contributed by atoms with Crippen LogP contribution in [-0.4, -0.2) is 42.3 Å². The fourth-order valence-corrected chi connectivity index (χ4v) is 3.19. The molecule has 2 N–H and O–H groups in total. The largest absolute Gasteiger partial charge is 0.390 e. The van der Waals surface area contributed by atoms with Gasteiger partial charge in [0.25, 0.3) is 0 Å². The summed E-state index contributed by atoms with van der Waals surface area (Å²) in [5, 5.41) is 13.1. The van der Waals surface area contributed by atoms with Crippen LogP contribution >= 0.6 is 22.9 Å². The second-order valence-corrected chi connectivity index (χ2v) is 6.30. The summed E-state index contributed by atoms with van der Waals surface area (Å²) >= 11 is 7.43. The maximum absolute atomic E-state index is 9.87. The summed E-state index contributed by atoms with van der Waals surface area (Å²) in [6.45, 7) is 4.49. The predicted molar refractivity (Wildman–Crippen MR) is 72.7 cm³/mol. The van der Waals surface area contributed by atoms with Crippen molar-refractivity contribution in [3.05, 3.63) is 21.3 Å². The fourth-order valence-electron chi connectivity index (χ4n) is 2.14. The SMILES string of the molecule is OC(CNCc1ccc(Cl)s1)CN1CCCC1. The van der Waals surface area contributed by atoms with E-state index in [1.165, 1.54) is 17.7 Å². The number of thiophene rings is 1. The molecule has 1 unspecified atom stereocenters.